The van der Waals surface area contributed by atoms with Gasteiger partial charge in [-0.15, -0.1) is 11.6 Å². The Hall–Kier alpha value is -2.07. The number of amides is 1. The zero-order valence-electron chi connectivity index (χ0n) is 10.6. The van der Waals surface area contributed by atoms with Crippen LogP contribution in [0.2, 0.25) is 0 Å². The first-order valence-electron chi connectivity index (χ1n) is 6.00. The maximum atomic E-state index is 12.9. The molecule has 3 nitrogen and oxygen atoms in total. The van der Waals surface area contributed by atoms with Gasteiger partial charge in [-0.3, -0.25) is 5.32 Å². The molecule has 2 rings (SSSR count). The molecule has 1 N–H and O–H groups in total. The number of rotatable bonds is 4. The van der Waals surface area contributed by atoms with Crippen molar-refractivity contribution in [2.45, 2.75) is 12.5 Å². The van der Waals surface area contributed by atoms with Crippen molar-refractivity contribution >= 4 is 23.4 Å². The van der Waals surface area contributed by atoms with Crippen LogP contribution in [0.5, 0.6) is 0 Å². The van der Waals surface area contributed by atoms with Gasteiger partial charge in [-0.1, -0.05) is 30.3 Å². The molecule has 0 heterocycles. The van der Waals surface area contributed by atoms with Crippen molar-refractivity contribution in [2.75, 3.05) is 5.32 Å². The SMILES string of the molecule is O=C(Nc1cccc(F)c1)OCc1ccc(CCl)cc1. The van der Waals surface area contributed by atoms with Crippen LogP contribution in [0.3, 0.4) is 0 Å². The van der Waals surface area contributed by atoms with Gasteiger partial charge in [0.25, 0.3) is 0 Å². The Bertz CT molecular complexity index is 587. The molecule has 0 radical (unpaired) electrons. The van der Waals surface area contributed by atoms with Gasteiger partial charge in [0.1, 0.15) is 12.4 Å². The van der Waals surface area contributed by atoms with Crippen LogP contribution in [-0.2, 0) is 17.2 Å². The first-order valence-corrected chi connectivity index (χ1v) is 6.54. The van der Waals surface area contributed by atoms with Gasteiger partial charge in [-0.05, 0) is 29.3 Å². The van der Waals surface area contributed by atoms with Crippen molar-refractivity contribution in [3.8, 4) is 0 Å². The zero-order chi connectivity index (χ0) is 14.4. The van der Waals surface area contributed by atoms with E-state index in [1.165, 1.54) is 18.2 Å². The smallest absolute Gasteiger partial charge is 0.411 e. The summed E-state index contributed by atoms with van der Waals surface area (Å²) in [5.74, 6) is 0.0285. The highest BCUT2D eigenvalue weighted by atomic mass is 35.5. The molecule has 0 fully saturated rings. The maximum Gasteiger partial charge on any atom is 0.411 e. The Morgan fingerprint density at radius 3 is 2.50 bits per heavy atom. The number of halogens is 2. The second-order valence-electron chi connectivity index (χ2n) is 4.16. The van der Waals surface area contributed by atoms with Gasteiger partial charge >= 0.3 is 6.09 Å². The molecule has 1 amide bonds. The van der Waals surface area contributed by atoms with Gasteiger partial charge in [-0.2, -0.15) is 0 Å². The van der Waals surface area contributed by atoms with E-state index in [-0.39, 0.29) is 6.61 Å². The van der Waals surface area contributed by atoms with Crippen molar-refractivity contribution in [2.24, 2.45) is 0 Å². The summed E-state index contributed by atoms with van der Waals surface area (Å²) >= 11 is 5.68. The molecule has 0 aliphatic carbocycles. The summed E-state index contributed by atoms with van der Waals surface area (Å²) < 4.78 is 18.0. The lowest BCUT2D eigenvalue weighted by Gasteiger charge is -2.07. The molecule has 0 unspecified atom stereocenters. The van der Waals surface area contributed by atoms with E-state index in [1.54, 1.807) is 6.07 Å². The van der Waals surface area contributed by atoms with E-state index in [0.29, 0.717) is 11.6 Å². The van der Waals surface area contributed by atoms with Gasteiger partial charge in [-0.25, -0.2) is 9.18 Å². The number of nitrogens with one attached hydrogen (secondary N) is 1. The Balaban J connectivity index is 1.85. The van der Waals surface area contributed by atoms with E-state index < -0.39 is 11.9 Å². The van der Waals surface area contributed by atoms with E-state index in [4.69, 9.17) is 16.3 Å². The van der Waals surface area contributed by atoms with Crippen molar-refractivity contribution in [1.29, 1.82) is 0 Å². The average Bonchev–Trinajstić information content (AvgIpc) is 2.46. The summed E-state index contributed by atoms with van der Waals surface area (Å²) in [7, 11) is 0. The Morgan fingerprint density at radius 2 is 1.85 bits per heavy atom. The molecule has 2 aromatic rings. The number of benzene rings is 2. The molecule has 0 spiro atoms. The van der Waals surface area contributed by atoms with Gasteiger partial charge < -0.3 is 4.74 Å². The molecule has 0 atom stereocenters. The largest absolute Gasteiger partial charge is 0.444 e. The second kappa shape index (κ2) is 6.91. The summed E-state index contributed by atoms with van der Waals surface area (Å²) in [5.41, 5.74) is 2.21. The summed E-state index contributed by atoms with van der Waals surface area (Å²) in [6.45, 7) is 0.143. The second-order valence-corrected chi connectivity index (χ2v) is 4.43. The summed E-state index contributed by atoms with van der Waals surface area (Å²) in [4.78, 5) is 11.5. The van der Waals surface area contributed by atoms with Crippen LogP contribution in [-0.4, -0.2) is 6.09 Å². The van der Waals surface area contributed by atoms with Gasteiger partial charge in [0.15, 0.2) is 0 Å². The number of alkyl halides is 1. The van der Waals surface area contributed by atoms with Crippen molar-refractivity contribution in [3.63, 3.8) is 0 Å². The molecule has 20 heavy (non-hydrogen) atoms. The third kappa shape index (κ3) is 4.24. The molecule has 104 valence electrons. The van der Waals surface area contributed by atoms with E-state index >= 15 is 0 Å². The molecule has 0 aliphatic rings. The van der Waals surface area contributed by atoms with Crippen molar-refractivity contribution in [3.05, 3.63) is 65.5 Å². The predicted molar refractivity (Wildman–Crippen MR) is 76.2 cm³/mol. The summed E-state index contributed by atoms with van der Waals surface area (Å²) in [6.07, 6.45) is -0.628. The number of carbonyl (C=O) groups is 1. The Labute approximate surface area is 121 Å². The van der Waals surface area contributed by atoms with Gasteiger partial charge in [0, 0.05) is 11.6 Å². The lowest BCUT2D eigenvalue weighted by Crippen LogP contribution is -2.13. The minimum absolute atomic E-state index is 0.143. The van der Waals surface area contributed by atoms with Gasteiger partial charge in [0.2, 0.25) is 0 Å². The molecule has 2 aromatic carbocycles. The van der Waals surface area contributed by atoms with Crippen LogP contribution in [0, 0.1) is 5.82 Å². The zero-order valence-corrected chi connectivity index (χ0v) is 11.4. The number of hydrogen-bond donors (Lipinski definition) is 1. The van der Waals surface area contributed by atoms with E-state index in [9.17, 15) is 9.18 Å². The van der Waals surface area contributed by atoms with Crippen LogP contribution < -0.4 is 5.32 Å². The lowest BCUT2D eigenvalue weighted by atomic mass is 10.2. The fourth-order valence-electron chi connectivity index (χ4n) is 1.59. The van der Waals surface area contributed by atoms with E-state index in [0.717, 1.165) is 11.1 Å². The molecule has 0 bridgehead atoms. The Kier molecular flexibility index (Phi) is 4.96. The third-order valence-corrected chi connectivity index (χ3v) is 2.93. The van der Waals surface area contributed by atoms with E-state index in [1.807, 2.05) is 24.3 Å². The molecule has 0 saturated carbocycles. The molecule has 5 heteroatoms. The molecular weight excluding hydrogens is 281 g/mol. The van der Waals surface area contributed by atoms with Crippen LogP contribution in [0.1, 0.15) is 11.1 Å². The van der Waals surface area contributed by atoms with Crippen LogP contribution >= 0.6 is 11.6 Å². The number of carbonyl (C=O) groups excluding carboxylic acids is 1. The number of hydrogen-bond acceptors (Lipinski definition) is 2. The normalized spacial score (nSPS) is 10.1. The topological polar surface area (TPSA) is 38.3 Å². The minimum atomic E-state index is -0.628. The van der Waals surface area contributed by atoms with Crippen LogP contribution in [0.4, 0.5) is 14.9 Å². The number of ether oxygens (including phenoxy) is 1. The monoisotopic (exact) mass is 293 g/mol. The van der Waals surface area contributed by atoms with Crippen molar-refractivity contribution in [1.82, 2.24) is 0 Å². The Morgan fingerprint density at radius 1 is 1.15 bits per heavy atom. The predicted octanol–water partition coefficient (Wildman–Crippen LogP) is 4.31. The highest BCUT2D eigenvalue weighted by Gasteiger charge is 2.04. The maximum absolute atomic E-state index is 12.9. The lowest BCUT2D eigenvalue weighted by molar-refractivity contribution is 0.155. The molecular formula is C15H13ClFNO2. The average molecular weight is 294 g/mol. The van der Waals surface area contributed by atoms with E-state index in [2.05, 4.69) is 5.32 Å². The quantitative estimate of drug-likeness (QED) is 0.853. The van der Waals surface area contributed by atoms with Crippen LogP contribution in [0.15, 0.2) is 48.5 Å². The standard InChI is InChI=1S/C15H13ClFNO2/c16-9-11-4-6-12(7-5-11)10-20-15(19)18-14-3-1-2-13(17)8-14/h1-8H,9-10H2,(H,18,19). The highest BCUT2D eigenvalue weighted by Crippen LogP contribution is 2.11. The first-order chi connectivity index (χ1) is 9.67. The van der Waals surface area contributed by atoms with Crippen LogP contribution in [0.25, 0.3) is 0 Å². The fraction of sp³-hybridized carbons (Fsp3) is 0.133. The number of anilines is 1. The third-order valence-electron chi connectivity index (χ3n) is 2.62. The van der Waals surface area contributed by atoms with Gasteiger partial charge in [0.05, 0.1) is 0 Å². The summed E-state index contributed by atoms with van der Waals surface area (Å²) in [5, 5.41) is 2.45. The highest BCUT2D eigenvalue weighted by molar-refractivity contribution is 6.17. The first kappa shape index (κ1) is 14.3. The molecule has 0 saturated heterocycles. The summed E-state index contributed by atoms with van der Waals surface area (Å²) in [6, 6.07) is 13.0. The molecule has 0 aliphatic heterocycles. The fourth-order valence-corrected chi connectivity index (χ4v) is 1.77. The van der Waals surface area contributed by atoms with Crippen molar-refractivity contribution < 1.29 is 13.9 Å². The minimum Gasteiger partial charge on any atom is -0.444 e. The molecule has 0 aromatic heterocycles.